The van der Waals surface area contributed by atoms with E-state index in [4.69, 9.17) is 9.72 Å². The Morgan fingerprint density at radius 2 is 1.94 bits per heavy atom. The standard InChI is InChI=1S/C28H29N5O3/c1-18(35)33-13-10-20(11-14-33)19-3-6-23(7-4-19)31-28-27-21(9-12-29-25(27)17-34)15-24(32-28)22-5-8-26(36-2)30-16-22/h3-9,12,15-17,20,25,29H,10-11,13-14H2,1-2H3,(H,31,32). The number of ether oxygens (including phenoxy) is 1. The lowest BCUT2D eigenvalue weighted by Crippen LogP contribution is -2.36. The second-order valence-electron chi connectivity index (χ2n) is 9.09. The van der Waals surface area contributed by atoms with Gasteiger partial charge in [-0.3, -0.25) is 4.79 Å². The molecular formula is C28H29N5O3. The van der Waals surface area contributed by atoms with Gasteiger partial charge in [0.2, 0.25) is 11.8 Å². The molecule has 5 rings (SSSR count). The van der Waals surface area contributed by atoms with Crippen molar-refractivity contribution in [2.24, 2.45) is 0 Å². The highest BCUT2D eigenvalue weighted by atomic mass is 16.5. The van der Waals surface area contributed by atoms with E-state index in [1.165, 1.54) is 5.56 Å². The van der Waals surface area contributed by atoms with Gasteiger partial charge in [-0.15, -0.1) is 0 Å². The molecule has 0 radical (unpaired) electrons. The first kappa shape index (κ1) is 23.5. The fourth-order valence-corrected chi connectivity index (χ4v) is 4.87. The van der Waals surface area contributed by atoms with E-state index >= 15 is 0 Å². The van der Waals surface area contributed by atoms with E-state index in [0.29, 0.717) is 17.6 Å². The number of hydrogen-bond donors (Lipinski definition) is 2. The average molecular weight is 484 g/mol. The summed E-state index contributed by atoms with van der Waals surface area (Å²) in [5.74, 6) is 1.75. The molecule has 3 aromatic rings. The van der Waals surface area contributed by atoms with Crippen LogP contribution >= 0.6 is 0 Å². The van der Waals surface area contributed by atoms with Gasteiger partial charge < -0.3 is 25.1 Å². The normalized spacial score (nSPS) is 17.2. The van der Waals surface area contributed by atoms with Gasteiger partial charge in [0.25, 0.3) is 0 Å². The number of carbonyl (C=O) groups excluding carboxylic acids is 2. The molecule has 0 saturated carbocycles. The van der Waals surface area contributed by atoms with Crippen LogP contribution in [0.15, 0.2) is 54.9 Å². The minimum atomic E-state index is -0.492. The second kappa shape index (κ2) is 10.2. The van der Waals surface area contributed by atoms with Crippen LogP contribution < -0.4 is 15.4 Å². The van der Waals surface area contributed by atoms with Crippen LogP contribution in [0, 0.1) is 0 Å². The van der Waals surface area contributed by atoms with E-state index in [9.17, 15) is 9.59 Å². The van der Waals surface area contributed by atoms with Gasteiger partial charge in [-0.05, 0) is 66.4 Å². The molecule has 8 heteroatoms. The lowest BCUT2D eigenvalue weighted by atomic mass is 9.89. The zero-order chi connectivity index (χ0) is 25.1. The average Bonchev–Trinajstić information content (AvgIpc) is 2.93. The van der Waals surface area contributed by atoms with Gasteiger partial charge in [-0.2, -0.15) is 0 Å². The Labute approximate surface area is 210 Å². The highest BCUT2D eigenvalue weighted by Gasteiger charge is 2.24. The second-order valence-corrected chi connectivity index (χ2v) is 9.09. The van der Waals surface area contributed by atoms with Gasteiger partial charge in [-0.1, -0.05) is 12.1 Å². The number of fused-ring (bicyclic) bond motifs is 1. The fraction of sp³-hybridized carbons (Fsp3) is 0.286. The monoisotopic (exact) mass is 483 g/mol. The van der Waals surface area contributed by atoms with Crippen molar-refractivity contribution in [3.63, 3.8) is 0 Å². The molecule has 4 heterocycles. The molecule has 1 atom stereocenters. The van der Waals surface area contributed by atoms with Crippen LogP contribution in [0.5, 0.6) is 5.88 Å². The highest BCUT2D eigenvalue weighted by molar-refractivity contribution is 5.80. The van der Waals surface area contributed by atoms with Crippen molar-refractivity contribution in [1.29, 1.82) is 0 Å². The molecule has 184 valence electrons. The first-order valence-electron chi connectivity index (χ1n) is 12.1. The molecule has 0 aliphatic carbocycles. The van der Waals surface area contributed by atoms with E-state index in [0.717, 1.165) is 60.3 Å². The summed E-state index contributed by atoms with van der Waals surface area (Å²) >= 11 is 0. The number of amides is 1. The van der Waals surface area contributed by atoms with Crippen molar-refractivity contribution >= 4 is 29.8 Å². The summed E-state index contributed by atoms with van der Waals surface area (Å²) in [6.07, 6.45) is 8.29. The van der Waals surface area contributed by atoms with E-state index < -0.39 is 6.04 Å². The molecule has 0 spiro atoms. The Bertz CT molecular complexity index is 1280. The number of aromatic nitrogens is 2. The number of rotatable bonds is 6. The maximum Gasteiger partial charge on any atom is 0.219 e. The SMILES string of the molecule is COc1ccc(-c2cc3c(c(Nc4ccc(C5CCN(C(C)=O)CC5)cc4)n2)C(C=O)NC=C3)cn1. The number of methoxy groups -OCH3 is 1. The lowest BCUT2D eigenvalue weighted by Gasteiger charge is -2.31. The Morgan fingerprint density at radius 1 is 1.17 bits per heavy atom. The zero-order valence-corrected chi connectivity index (χ0v) is 20.4. The third-order valence-corrected chi connectivity index (χ3v) is 6.90. The summed E-state index contributed by atoms with van der Waals surface area (Å²) in [6.45, 7) is 3.24. The van der Waals surface area contributed by atoms with E-state index in [1.807, 2.05) is 35.2 Å². The number of anilines is 2. The number of nitrogens with zero attached hydrogens (tertiary/aromatic N) is 3. The molecule has 2 N–H and O–H groups in total. The quantitative estimate of drug-likeness (QED) is 0.501. The Hall–Kier alpha value is -4.20. The lowest BCUT2D eigenvalue weighted by molar-refractivity contribution is -0.129. The summed E-state index contributed by atoms with van der Waals surface area (Å²) in [6, 6.07) is 13.6. The van der Waals surface area contributed by atoms with Crippen LogP contribution in [0.25, 0.3) is 17.3 Å². The molecule has 1 saturated heterocycles. The number of piperidine rings is 1. The first-order chi connectivity index (χ1) is 17.6. The molecule has 8 nitrogen and oxygen atoms in total. The fourth-order valence-electron chi connectivity index (χ4n) is 4.87. The summed E-state index contributed by atoms with van der Waals surface area (Å²) in [4.78, 5) is 34.6. The van der Waals surface area contributed by atoms with Crippen LogP contribution in [0.3, 0.4) is 0 Å². The van der Waals surface area contributed by atoms with Crippen molar-refractivity contribution in [1.82, 2.24) is 20.2 Å². The minimum Gasteiger partial charge on any atom is -0.481 e. The number of nitrogens with one attached hydrogen (secondary N) is 2. The summed E-state index contributed by atoms with van der Waals surface area (Å²) in [5, 5.41) is 6.54. The number of benzene rings is 1. The Balaban J connectivity index is 1.42. The van der Waals surface area contributed by atoms with Gasteiger partial charge >= 0.3 is 0 Å². The molecule has 0 bridgehead atoms. The van der Waals surface area contributed by atoms with Crippen molar-refractivity contribution in [3.8, 4) is 17.1 Å². The van der Waals surface area contributed by atoms with Crippen molar-refractivity contribution in [2.75, 3.05) is 25.5 Å². The zero-order valence-electron chi connectivity index (χ0n) is 20.4. The smallest absolute Gasteiger partial charge is 0.219 e. The van der Waals surface area contributed by atoms with Crippen molar-refractivity contribution in [3.05, 3.63) is 71.6 Å². The Morgan fingerprint density at radius 3 is 2.58 bits per heavy atom. The largest absolute Gasteiger partial charge is 0.481 e. The van der Waals surface area contributed by atoms with Crippen molar-refractivity contribution < 1.29 is 14.3 Å². The molecule has 36 heavy (non-hydrogen) atoms. The van der Waals surface area contributed by atoms with Gasteiger partial charge in [0.05, 0.1) is 12.8 Å². The van der Waals surface area contributed by atoms with Crippen molar-refractivity contribution in [2.45, 2.75) is 31.7 Å². The number of aldehydes is 1. The van der Waals surface area contributed by atoms with Gasteiger partial charge in [0, 0.05) is 49.1 Å². The highest BCUT2D eigenvalue weighted by Crippen LogP contribution is 2.35. The van der Waals surface area contributed by atoms with Gasteiger partial charge in [0.15, 0.2) is 0 Å². The minimum absolute atomic E-state index is 0.148. The van der Waals surface area contributed by atoms with Crippen LogP contribution in [0.1, 0.15) is 48.4 Å². The first-order valence-corrected chi connectivity index (χ1v) is 12.1. The predicted octanol–water partition coefficient (Wildman–Crippen LogP) is 4.44. The maximum absolute atomic E-state index is 11.8. The van der Waals surface area contributed by atoms with Gasteiger partial charge in [-0.25, -0.2) is 9.97 Å². The molecule has 2 aromatic heterocycles. The maximum atomic E-state index is 11.8. The predicted molar refractivity (Wildman–Crippen MR) is 139 cm³/mol. The van der Waals surface area contributed by atoms with Crippen LogP contribution in [0.4, 0.5) is 11.5 Å². The van der Waals surface area contributed by atoms with Gasteiger partial charge in [0.1, 0.15) is 18.1 Å². The number of hydrogen-bond acceptors (Lipinski definition) is 7. The molecule has 1 fully saturated rings. The number of likely N-dealkylation sites (tertiary alicyclic amines) is 1. The summed E-state index contributed by atoms with van der Waals surface area (Å²) < 4.78 is 5.18. The Kier molecular flexibility index (Phi) is 6.66. The molecule has 1 aromatic carbocycles. The van der Waals surface area contributed by atoms with Crippen LogP contribution in [-0.2, 0) is 9.59 Å². The van der Waals surface area contributed by atoms with E-state index in [1.54, 1.807) is 32.5 Å². The topological polar surface area (TPSA) is 96.5 Å². The molecule has 2 aliphatic heterocycles. The molecular weight excluding hydrogens is 454 g/mol. The third kappa shape index (κ3) is 4.79. The summed E-state index contributed by atoms with van der Waals surface area (Å²) in [7, 11) is 1.58. The van der Waals surface area contributed by atoms with Crippen LogP contribution in [0.2, 0.25) is 0 Å². The summed E-state index contributed by atoms with van der Waals surface area (Å²) in [5.41, 5.74) is 5.48. The number of carbonyl (C=O) groups is 2. The molecule has 1 amide bonds. The van der Waals surface area contributed by atoms with E-state index in [-0.39, 0.29) is 5.91 Å². The molecule has 2 aliphatic rings. The third-order valence-electron chi connectivity index (χ3n) is 6.90. The number of pyridine rings is 2. The molecule has 1 unspecified atom stereocenters. The van der Waals surface area contributed by atoms with Crippen LogP contribution in [-0.4, -0.2) is 47.3 Å². The van der Waals surface area contributed by atoms with E-state index in [2.05, 4.69) is 27.8 Å².